The molecule has 3 aromatic carbocycles. The smallest absolute Gasteiger partial charge is 0.251 e. The van der Waals surface area contributed by atoms with Gasteiger partial charge in [-0.3, -0.25) is 9.59 Å². The fraction of sp³-hybridized carbons (Fsp3) is 0.459. The van der Waals surface area contributed by atoms with Crippen LogP contribution in [0.1, 0.15) is 79.1 Å². The molecular formula is C37H50ClF2N3O5S. The largest absolute Gasteiger partial charge is 0.390 e. The standard InChI is InChI=1S/C37H49F2N3O5S.ClH/c1-5-10-32(11-6-2)48(46,47)24-34(42-36(44)29-15-8-12-25(4)16-29)37(45)41-33(20-28-18-30(38)21-31(39)19-28)35(43)23-40-22-27-14-9-13-26(7-3)17-27;/h8-9,12-19,21,32-35,40,43H,5-7,10-11,20,22-24H2,1-4H3,(H,41,45)(H,42,44);1H/t33-,34?,35+;/m0./s1. The predicted octanol–water partition coefficient (Wildman–Crippen LogP) is 5.62. The average Bonchev–Trinajstić information content (AvgIpc) is 3.03. The number of halogens is 3. The first-order valence-electron chi connectivity index (χ1n) is 16.7. The summed E-state index contributed by atoms with van der Waals surface area (Å²) >= 11 is 0. The quantitative estimate of drug-likeness (QED) is 0.128. The van der Waals surface area contributed by atoms with Gasteiger partial charge >= 0.3 is 0 Å². The Morgan fingerprint density at radius 3 is 2.08 bits per heavy atom. The summed E-state index contributed by atoms with van der Waals surface area (Å²) in [6.45, 7) is 8.06. The van der Waals surface area contributed by atoms with Crippen LogP contribution < -0.4 is 16.0 Å². The van der Waals surface area contributed by atoms with E-state index in [1.165, 1.54) is 0 Å². The number of benzene rings is 3. The van der Waals surface area contributed by atoms with E-state index >= 15 is 0 Å². The van der Waals surface area contributed by atoms with Crippen molar-refractivity contribution in [1.82, 2.24) is 16.0 Å². The topological polar surface area (TPSA) is 125 Å². The van der Waals surface area contributed by atoms with Crippen molar-refractivity contribution < 1.29 is 31.9 Å². The SMILES string of the molecule is CCCC(CCC)S(=O)(=O)CC(NC(=O)c1cccc(C)c1)C(=O)N[C@@H](Cc1cc(F)cc(F)c1)[C@H](O)CNCc1cccc(CC)c1.Cl. The summed E-state index contributed by atoms with van der Waals surface area (Å²) in [5, 5.41) is 19.1. The molecular weight excluding hydrogens is 672 g/mol. The van der Waals surface area contributed by atoms with Gasteiger partial charge in [-0.25, -0.2) is 17.2 Å². The van der Waals surface area contributed by atoms with E-state index in [9.17, 15) is 31.9 Å². The number of aliphatic hydroxyl groups is 1. The molecule has 12 heteroatoms. The lowest BCUT2D eigenvalue weighted by molar-refractivity contribution is -0.124. The van der Waals surface area contributed by atoms with Crippen molar-refractivity contribution >= 4 is 34.1 Å². The van der Waals surface area contributed by atoms with Crippen molar-refractivity contribution in [1.29, 1.82) is 0 Å². The Balaban J connectivity index is 0.00000833. The van der Waals surface area contributed by atoms with Crippen molar-refractivity contribution in [2.24, 2.45) is 0 Å². The van der Waals surface area contributed by atoms with Crippen LogP contribution in [0.15, 0.2) is 66.7 Å². The first kappa shape index (κ1) is 41.8. The second kappa shape index (κ2) is 20.3. The molecule has 0 aliphatic carbocycles. The maximum absolute atomic E-state index is 14.1. The van der Waals surface area contributed by atoms with Crippen LogP contribution in [0.2, 0.25) is 0 Å². The Morgan fingerprint density at radius 2 is 1.47 bits per heavy atom. The third kappa shape index (κ3) is 13.5. The zero-order valence-corrected chi connectivity index (χ0v) is 30.3. The third-order valence-corrected chi connectivity index (χ3v) is 10.6. The van der Waals surface area contributed by atoms with E-state index in [4.69, 9.17) is 0 Å². The minimum Gasteiger partial charge on any atom is -0.390 e. The molecule has 0 saturated heterocycles. The maximum Gasteiger partial charge on any atom is 0.251 e. The second-order valence-electron chi connectivity index (χ2n) is 12.4. The van der Waals surface area contributed by atoms with E-state index in [-0.39, 0.29) is 36.5 Å². The van der Waals surface area contributed by atoms with Crippen LogP contribution in [0.3, 0.4) is 0 Å². The van der Waals surface area contributed by atoms with Crippen molar-refractivity contribution in [3.8, 4) is 0 Å². The van der Waals surface area contributed by atoms with E-state index in [0.29, 0.717) is 32.2 Å². The van der Waals surface area contributed by atoms with Gasteiger partial charge in [-0.15, -0.1) is 12.4 Å². The molecule has 0 aromatic heterocycles. The molecule has 0 heterocycles. The minimum absolute atomic E-state index is 0. The fourth-order valence-corrected chi connectivity index (χ4v) is 7.90. The highest BCUT2D eigenvalue weighted by atomic mass is 35.5. The number of rotatable bonds is 19. The minimum atomic E-state index is -3.85. The Bertz CT molecular complexity index is 1600. The molecule has 270 valence electrons. The number of hydrogen-bond donors (Lipinski definition) is 4. The predicted molar refractivity (Wildman–Crippen MR) is 193 cm³/mol. The van der Waals surface area contributed by atoms with Gasteiger partial charge in [-0.05, 0) is 73.6 Å². The molecule has 0 fully saturated rings. The summed E-state index contributed by atoms with van der Waals surface area (Å²) in [4.78, 5) is 27.2. The van der Waals surface area contributed by atoms with Gasteiger partial charge in [0, 0.05) is 24.7 Å². The number of carbonyl (C=O) groups excluding carboxylic acids is 2. The van der Waals surface area contributed by atoms with Gasteiger partial charge in [-0.2, -0.15) is 0 Å². The normalized spacial score (nSPS) is 13.3. The monoisotopic (exact) mass is 721 g/mol. The summed E-state index contributed by atoms with van der Waals surface area (Å²) in [6.07, 6.45) is 1.55. The van der Waals surface area contributed by atoms with E-state index < -0.39 is 62.5 Å². The Hall–Kier alpha value is -3.38. The van der Waals surface area contributed by atoms with Gasteiger partial charge in [0.2, 0.25) is 5.91 Å². The summed E-state index contributed by atoms with van der Waals surface area (Å²) in [5.74, 6) is -3.74. The maximum atomic E-state index is 14.1. The number of aryl methyl sites for hydroxylation is 2. The van der Waals surface area contributed by atoms with Crippen LogP contribution in [0, 0.1) is 18.6 Å². The molecule has 3 atom stereocenters. The van der Waals surface area contributed by atoms with Gasteiger partial charge in [0.1, 0.15) is 17.7 Å². The van der Waals surface area contributed by atoms with Crippen LogP contribution in [-0.4, -0.2) is 61.1 Å². The summed E-state index contributed by atoms with van der Waals surface area (Å²) in [6, 6.07) is 15.0. The van der Waals surface area contributed by atoms with Crippen LogP contribution in [0.4, 0.5) is 8.78 Å². The zero-order chi connectivity index (χ0) is 35.3. The molecule has 0 spiro atoms. The molecule has 0 saturated carbocycles. The highest BCUT2D eigenvalue weighted by Crippen LogP contribution is 2.18. The van der Waals surface area contributed by atoms with Crippen LogP contribution in [0.25, 0.3) is 0 Å². The van der Waals surface area contributed by atoms with E-state index in [1.54, 1.807) is 31.2 Å². The molecule has 0 aliphatic rings. The highest BCUT2D eigenvalue weighted by molar-refractivity contribution is 7.92. The lowest BCUT2D eigenvalue weighted by Gasteiger charge is -2.28. The molecule has 1 unspecified atom stereocenters. The molecule has 0 aliphatic heterocycles. The molecule has 49 heavy (non-hydrogen) atoms. The average molecular weight is 722 g/mol. The number of nitrogens with one attached hydrogen (secondary N) is 3. The van der Waals surface area contributed by atoms with Gasteiger partial charge in [0.15, 0.2) is 9.84 Å². The van der Waals surface area contributed by atoms with Crippen molar-refractivity contribution in [2.45, 2.75) is 96.2 Å². The fourth-order valence-electron chi connectivity index (χ4n) is 5.74. The van der Waals surface area contributed by atoms with Crippen LogP contribution in [-0.2, 0) is 34.0 Å². The third-order valence-electron chi connectivity index (χ3n) is 8.28. The summed E-state index contributed by atoms with van der Waals surface area (Å²) in [5.41, 5.74) is 3.40. The van der Waals surface area contributed by atoms with Gasteiger partial charge in [0.25, 0.3) is 5.91 Å². The lowest BCUT2D eigenvalue weighted by Crippen LogP contribution is -2.57. The van der Waals surface area contributed by atoms with Gasteiger partial charge in [0.05, 0.1) is 23.1 Å². The van der Waals surface area contributed by atoms with E-state index in [1.807, 2.05) is 38.1 Å². The number of carbonyl (C=O) groups is 2. The molecule has 3 aromatic rings. The Labute approximate surface area is 295 Å². The Morgan fingerprint density at radius 1 is 0.837 bits per heavy atom. The Kier molecular flexibility index (Phi) is 17.3. The highest BCUT2D eigenvalue weighted by Gasteiger charge is 2.34. The number of amides is 2. The zero-order valence-electron chi connectivity index (χ0n) is 28.7. The molecule has 2 amide bonds. The molecule has 8 nitrogen and oxygen atoms in total. The van der Waals surface area contributed by atoms with Crippen LogP contribution >= 0.6 is 12.4 Å². The number of hydrogen-bond acceptors (Lipinski definition) is 6. The van der Waals surface area contributed by atoms with Crippen LogP contribution in [0.5, 0.6) is 0 Å². The lowest BCUT2D eigenvalue weighted by atomic mass is 10.00. The summed E-state index contributed by atoms with van der Waals surface area (Å²) < 4.78 is 55.5. The van der Waals surface area contributed by atoms with Crippen molar-refractivity contribution in [3.63, 3.8) is 0 Å². The first-order valence-corrected chi connectivity index (χ1v) is 18.4. The number of aliphatic hydroxyl groups excluding tert-OH is 1. The molecule has 3 rings (SSSR count). The molecule has 4 N–H and O–H groups in total. The molecule has 0 radical (unpaired) electrons. The van der Waals surface area contributed by atoms with Gasteiger partial charge < -0.3 is 21.1 Å². The van der Waals surface area contributed by atoms with E-state index in [0.717, 1.165) is 41.3 Å². The second-order valence-corrected chi connectivity index (χ2v) is 14.7. The first-order chi connectivity index (χ1) is 22.8. The van der Waals surface area contributed by atoms with E-state index in [2.05, 4.69) is 22.9 Å². The van der Waals surface area contributed by atoms with Crippen molar-refractivity contribution in [2.75, 3.05) is 12.3 Å². The molecule has 0 bridgehead atoms. The summed E-state index contributed by atoms with van der Waals surface area (Å²) in [7, 11) is -3.85. The van der Waals surface area contributed by atoms with Crippen molar-refractivity contribution in [3.05, 3.63) is 106 Å². The number of sulfone groups is 1. The van der Waals surface area contributed by atoms with Gasteiger partial charge in [-0.1, -0.05) is 75.6 Å².